The Morgan fingerprint density at radius 2 is 1.89 bits per heavy atom. The van der Waals surface area contributed by atoms with Crippen LogP contribution < -0.4 is 10.9 Å². The van der Waals surface area contributed by atoms with E-state index in [2.05, 4.69) is 25.8 Å². The number of rotatable bonds is 3. The third-order valence-electron chi connectivity index (χ3n) is 2.04. The summed E-state index contributed by atoms with van der Waals surface area (Å²) in [7, 11) is 1.65. The SMILES string of the molecule is CNNc1nc(O)nc(-c2ccc(Cl)c(Cl)c2)n1. The minimum Gasteiger partial charge on any atom is -0.479 e. The lowest BCUT2D eigenvalue weighted by atomic mass is 10.2. The minimum atomic E-state index is -0.385. The number of halogens is 2. The van der Waals surface area contributed by atoms with Gasteiger partial charge in [0.15, 0.2) is 5.82 Å². The number of nitrogens with one attached hydrogen (secondary N) is 2. The maximum absolute atomic E-state index is 9.42. The molecule has 1 aromatic heterocycles. The highest BCUT2D eigenvalue weighted by Crippen LogP contribution is 2.27. The van der Waals surface area contributed by atoms with Crippen molar-refractivity contribution in [1.29, 1.82) is 0 Å². The molecule has 0 saturated carbocycles. The summed E-state index contributed by atoms with van der Waals surface area (Å²) in [5.41, 5.74) is 5.93. The topological polar surface area (TPSA) is 83.0 Å². The predicted molar refractivity (Wildman–Crippen MR) is 69.6 cm³/mol. The molecule has 0 spiro atoms. The molecular formula is C10H9Cl2N5O. The van der Waals surface area contributed by atoms with Gasteiger partial charge >= 0.3 is 6.01 Å². The summed E-state index contributed by atoms with van der Waals surface area (Å²) in [4.78, 5) is 11.6. The smallest absolute Gasteiger partial charge is 0.319 e. The highest BCUT2D eigenvalue weighted by molar-refractivity contribution is 6.42. The van der Waals surface area contributed by atoms with Gasteiger partial charge < -0.3 is 5.11 Å². The summed E-state index contributed by atoms with van der Waals surface area (Å²) in [6.07, 6.45) is 0. The first-order valence-corrected chi connectivity index (χ1v) is 5.69. The Balaban J connectivity index is 2.46. The van der Waals surface area contributed by atoms with Gasteiger partial charge in [0.2, 0.25) is 5.95 Å². The van der Waals surface area contributed by atoms with E-state index in [9.17, 15) is 5.11 Å². The fourth-order valence-electron chi connectivity index (χ4n) is 1.30. The number of aromatic hydroxyl groups is 1. The summed E-state index contributed by atoms with van der Waals surface area (Å²) in [6.45, 7) is 0. The standard InChI is InChI=1S/C10H9Cl2N5O/c1-13-17-9-14-8(15-10(18)16-9)5-2-3-6(11)7(12)4-5/h2-4,13H,1H3,(H2,14,15,16,17,18). The third kappa shape index (κ3) is 2.79. The monoisotopic (exact) mass is 285 g/mol. The van der Waals surface area contributed by atoms with Crippen LogP contribution in [0.4, 0.5) is 5.95 Å². The van der Waals surface area contributed by atoms with Gasteiger partial charge in [-0.1, -0.05) is 23.2 Å². The molecule has 0 unspecified atom stereocenters. The first-order chi connectivity index (χ1) is 8.60. The van der Waals surface area contributed by atoms with Crippen molar-refractivity contribution in [2.75, 3.05) is 12.5 Å². The van der Waals surface area contributed by atoms with E-state index in [-0.39, 0.29) is 12.0 Å². The predicted octanol–water partition coefficient (Wildman–Crippen LogP) is 2.10. The van der Waals surface area contributed by atoms with E-state index in [1.807, 2.05) is 0 Å². The lowest BCUT2D eigenvalue weighted by Gasteiger charge is -2.06. The average molecular weight is 286 g/mol. The van der Waals surface area contributed by atoms with Crippen LogP contribution in [0, 0.1) is 0 Å². The molecule has 0 atom stereocenters. The summed E-state index contributed by atoms with van der Waals surface area (Å²) in [5.74, 6) is 0.491. The molecule has 0 radical (unpaired) electrons. The Bertz CT molecular complexity index is 578. The van der Waals surface area contributed by atoms with E-state index in [0.29, 0.717) is 21.4 Å². The molecule has 2 rings (SSSR count). The van der Waals surface area contributed by atoms with Crippen molar-refractivity contribution in [3.63, 3.8) is 0 Å². The van der Waals surface area contributed by atoms with Crippen molar-refractivity contribution < 1.29 is 5.11 Å². The minimum absolute atomic E-state index is 0.200. The summed E-state index contributed by atoms with van der Waals surface area (Å²) in [5, 5.41) is 10.2. The van der Waals surface area contributed by atoms with Crippen molar-refractivity contribution >= 4 is 29.2 Å². The lowest BCUT2D eigenvalue weighted by molar-refractivity contribution is 0.429. The zero-order valence-corrected chi connectivity index (χ0v) is 10.8. The van der Waals surface area contributed by atoms with E-state index >= 15 is 0 Å². The number of hydrogen-bond acceptors (Lipinski definition) is 6. The first-order valence-electron chi connectivity index (χ1n) is 4.93. The number of hydrogen-bond donors (Lipinski definition) is 3. The lowest BCUT2D eigenvalue weighted by Crippen LogP contribution is -2.17. The molecule has 0 aliphatic rings. The Kier molecular flexibility index (Phi) is 3.81. The van der Waals surface area contributed by atoms with E-state index in [1.54, 1.807) is 25.2 Å². The molecule has 0 fully saturated rings. The molecule has 0 saturated heterocycles. The maximum Gasteiger partial charge on any atom is 0.319 e. The molecule has 18 heavy (non-hydrogen) atoms. The van der Waals surface area contributed by atoms with Crippen LogP contribution in [0.3, 0.4) is 0 Å². The fraction of sp³-hybridized carbons (Fsp3) is 0.100. The highest BCUT2D eigenvalue weighted by Gasteiger charge is 2.09. The van der Waals surface area contributed by atoms with Crippen LogP contribution in [0.5, 0.6) is 6.01 Å². The summed E-state index contributed by atoms with van der Waals surface area (Å²) in [6, 6.07) is 4.56. The van der Waals surface area contributed by atoms with Crippen molar-refractivity contribution in [2.45, 2.75) is 0 Å². The van der Waals surface area contributed by atoms with E-state index in [4.69, 9.17) is 23.2 Å². The molecule has 8 heteroatoms. The van der Waals surface area contributed by atoms with Gasteiger partial charge in [-0.2, -0.15) is 15.0 Å². The van der Waals surface area contributed by atoms with Gasteiger partial charge in [-0.25, -0.2) is 5.43 Å². The van der Waals surface area contributed by atoms with E-state index in [0.717, 1.165) is 0 Å². The van der Waals surface area contributed by atoms with Crippen LogP contribution in [0.15, 0.2) is 18.2 Å². The van der Waals surface area contributed by atoms with Crippen molar-refractivity contribution in [3.8, 4) is 17.4 Å². The third-order valence-corrected chi connectivity index (χ3v) is 2.78. The zero-order valence-electron chi connectivity index (χ0n) is 9.28. The van der Waals surface area contributed by atoms with Gasteiger partial charge in [0.1, 0.15) is 0 Å². The largest absolute Gasteiger partial charge is 0.479 e. The molecule has 1 aromatic carbocycles. The molecule has 0 aliphatic carbocycles. The molecule has 0 bridgehead atoms. The van der Waals surface area contributed by atoms with Gasteiger partial charge in [-0.15, -0.1) is 0 Å². The van der Waals surface area contributed by atoms with Crippen LogP contribution in [-0.2, 0) is 0 Å². The van der Waals surface area contributed by atoms with Crippen LogP contribution in [0.2, 0.25) is 10.0 Å². The van der Waals surface area contributed by atoms with Crippen LogP contribution in [0.1, 0.15) is 0 Å². The Hall–Kier alpha value is -1.63. The molecule has 3 N–H and O–H groups in total. The van der Waals surface area contributed by atoms with Gasteiger partial charge in [0, 0.05) is 12.6 Å². The van der Waals surface area contributed by atoms with Crippen molar-refractivity contribution in [1.82, 2.24) is 20.4 Å². The summed E-state index contributed by atoms with van der Waals surface area (Å²) < 4.78 is 0. The molecule has 2 aromatic rings. The maximum atomic E-state index is 9.42. The van der Waals surface area contributed by atoms with Gasteiger partial charge in [0.25, 0.3) is 0 Å². The van der Waals surface area contributed by atoms with Crippen LogP contribution in [-0.4, -0.2) is 27.1 Å². The number of nitrogens with zero attached hydrogens (tertiary/aromatic N) is 3. The Morgan fingerprint density at radius 1 is 1.11 bits per heavy atom. The summed E-state index contributed by atoms with van der Waals surface area (Å²) >= 11 is 11.7. The second-order valence-corrected chi connectivity index (χ2v) is 4.10. The highest BCUT2D eigenvalue weighted by atomic mass is 35.5. The molecule has 1 heterocycles. The average Bonchev–Trinajstić information content (AvgIpc) is 2.32. The normalized spacial score (nSPS) is 10.4. The first kappa shape index (κ1) is 12.8. The van der Waals surface area contributed by atoms with Crippen molar-refractivity contribution in [3.05, 3.63) is 28.2 Å². The van der Waals surface area contributed by atoms with Crippen LogP contribution >= 0.6 is 23.2 Å². The number of benzene rings is 1. The van der Waals surface area contributed by atoms with Gasteiger partial charge in [-0.05, 0) is 18.2 Å². The number of aromatic nitrogens is 3. The molecule has 0 amide bonds. The number of hydrazine groups is 1. The quantitative estimate of drug-likeness (QED) is 0.749. The molecular weight excluding hydrogens is 277 g/mol. The molecule has 0 aliphatic heterocycles. The van der Waals surface area contributed by atoms with Gasteiger partial charge in [0.05, 0.1) is 10.0 Å². The number of anilines is 1. The van der Waals surface area contributed by atoms with Crippen molar-refractivity contribution in [2.24, 2.45) is 0 Å². The van der Waals surface area contributed by atoms with E-state index < -0.39 is 0 Å². The van der Waals surface area contributed by atoms with Gasteiger partial charge in [-0.3, -0.25) is 5.43 Å². The van der Waals surface area contributed by atoms with E-state index in [1.165, 1.54) is 0 Å². The fourth-order valence-corrected chi connectivity index (χ4v) is 1.59. The zero-order chi connectivity index (χ0) is 13.1. The second kappa shape index (κ2) is 5.34. The second-order valence-electron chi connectivity index (χ2n) is 3.29. The molecule has 6 nitrogen and oxygen atoms in total. The van der Waals surface area contributed by atoms with Crippen LogP contribution in [0.25, 0.3) is 11.4 Å². The molecule has 94 valence electrons. The Morgan fingerprint density at radius 3 is 2.56 bits per heavy atom. The Labute approximate surface area is 113 Å².